The third-order valence-corrected chi connectivity index (χ3v) is 8.74. The zero-order valence-electron chi connectivity index (χ0n) is 41.5. The van der Waals surface area contributed by atoms with Crippen molar-refractivity contribution in [1.82, 2.24) is 14.5 Å². The Morgan fingerprint density at radius 3 is 2.20 bits per heavy atom. The summed E-state index contributed by atoms with van der Waals surface area (Å²) in [5.41, 5.74) is -1.64. The van der Waals surface area contributed by atoms with E-state index < -0.39 is 126 Å². The number of fused-ring (bicyclic) bond motifs is 9. The van der Waals surface area contributed by atoms with Crippen molar-refractivity contribution in [1.29, 1.82) is 0 Å². The van der Waals surface area contributed by atoms with Crippen LogP contribution in [0, 0.1) is 0 Å². The molecule has 0 radical (unpaired) electrons. The predicted molar refractivity (Wildman–Crippen MR) is 187 cm³/mol. The van der Waals surface area contributed by atoms with Gasteiger partial charge in [0.15, 0.2) is 0 Å². The molecule has 0 spiro atoms. The minimum absolute atomic E-state index is 0.0345. The van der Waals surface area contributed by atoms with E-state index in [1.54, 1.807) is 18.2 Å². The Labute approximate surface area is 288 Å². The van der Waals surface area contributed by atoms with Gasteiger partial charge in [0.25, 0.3) is 0 Å². The Kier molecular flexibility index (Phi) is 2.64. The van der Waals surface area contributed by atoms with Gasteiger partial charge in [-0.2, -0.15) is 0 Å². The van der Waals surface area contributed by atoms with Gasteiger partial charge in [-0.1, -0.05) is 90.6 Å². The molecule has 0 N–H and O–H groups in total. The van der Waals surface area contributed by atoms with Gasteiger partial charge in [0.05, 0.1) is 53.0 Å². The quantitative estimate of drug-likeness (QED) is 0.199. The van der Waals surface area contributed by atoms with E-state index in [1.165, 1.54) is 4.57 Å². The molecule has 0 unspecified atom stereocenters. The lowest BCUT2D eigenvalue weighted by Crippen LogP contribution is -1.93. The number of thiophene rings is 1. The summed E-state index contributed by atoms with van der Waals surface area (Å²) in [4.78, 5) is 8.95. The van der Waals surface area contributed by atoms with Crippen LogP contribution in [0.4, 0.5) is 0 Å². The first kappa shape index (κ1) is 12.7. The van der Waals surface area contributed by atoms with Crippen molar-refractivity contribution in [3.63, 3.8) is 0 Å². The van der Waals surface area contributed by atoms with Crippen LogP contribution in [0.25, 0.3) is 92.1 Å². The number of benzene rings is 6. The monoisotopic (exact) mass is 612 g/mol. The Morgan fingerprint density at radius 1 is 0.644 bits per heavy atom. The van der Waals surface area contributed by atoms with Crippen molar-refractivity contribution in [2.24, 2.45) is 0 Å². The summed E-state index contributed by atoms with van der Waals surface area (Å²) in [6, 6.07) is -6.50. The molecule has 0 atom stereocenters. The fraction of sp³-hybridized carbons (Fsp3) is 0. The second-order valence-electron chi connectivity index (χ2n) is 9.98. The number of rotatable bonds is 3. The molecule has 10 aromatic rings. The summed E-state index contributed by atoms with van der Waals surface area (Å²) in [5.74, 6) is 0. The summed E-state index contributed by atoms with van der Waals surface area (Å²) in [6.45, 7) is 0. The number of aromatic nitrogens is 3. The van der Waals surface area contributed by atoms with E-state index >= 15 is 0 Å². The highest BCUT2D eigenvalue weighted by molar-refractivity contribution is 7.26. The number of nitrogens with zero attached hydrogens (tertiary/aromatic N) is 3. The lowest BCUT2D eigenvalue weighted by molar-refractivity contribution is 0.670. The Bertz CT molecular complexity index is 3780. The van der Waals surface area contributed by atoms with Gasteiger partial charge in [0.1, 0.15) is 17.5 Å². The Morgan fingerprint density at radius 2 is 1.36 bits per heavy atom. The molecule has 0 bridgehead atoms. The van der Waals surface area contributed by atoms with Gasteiger partial charge < -0.3 is 8.98 Å². The summed E-state index contributed by atoms with van der Waals surface area (Å²) in [7, 11) is 0. The smallest absolute Gasteiger partial charge is 0.143 e. The van der Waals surface area contributed by atoms with E-state index in [-0.39, 0.29) is 70.9 Å². The third-order valence-electron chi connectivity index (χ3n) is 7.57. The van der Waals surface area contributed by atoms with Crippen LogP contribution in [0.1, 0.15) is 26.0 Å². The molecule has 6 aromatic carbocycles. The average molecular weight is 613 g/mol. The van der Waals surface area contributed by atoms with E-state index in [1.807, 2.05) is 0 Å². The topological polar surface area (TPSA) is 43.9 Å². The van der Waals surface area contributed by atoms with Crippen LogP contribution in [-0.2, 0) is 0 Å². The lowest BCUT2D eigenvalue weighted by Gasteiger charge is -2.08. The number of para-hydroxylation sites is 4. The van der Waals surface area contributed by atoms with Crippen LogP contribution >= 0.6 is 11.3 Å². The fourth-order valence-electron chi connectivity index (χ4n) is 5.65. The molecule has 0 aliphatic rings. The first-order valence-electron chi connectivity index (χ1n) is 22.9. The number of hydrogen-bond donors (Lipinski definition) is 0. The van der Waals surface area contributed by atoms with Crippen molar-refractivity contribution in [3.8, 4) is 28.1 Å². The van der Waals surface area contributed by atoms with Gasteiger partial charge in [0.2, 0.25) is 0 Å². The molecule has 0 saturated carbocycles. The second-order valence-corrected chi connectivity index (χ2v) is 11.0. The second kappa shape index (κ2) is 9.36. The Balaban J connectivity index is 1.26. The molecule has 0 aliphatic carbocycles. The van der Waals surface area contributed by atoms with Crippen molar-refractivity contribution in [2.45, 2.75) is 0 Å². The van der Waals surface area contributed by atoms with E-state index in [0.29, 0.717) is 10.1 Å². The molecule has 0 saturated heterocycles. The minimum atomic E-state index is -0.710. The maximum absolute atomic E-state index is 9.54. The molecule has 0 amide bonds. The average Bonchev–Trinajstić information content (AvgIpc) is 3.98. The SMILES string of the molecule is [2H]c1c([2H])c(-c2c([2H])c([2H])c([2H])c3c2oc2c([2H])c([2H])c([2H])c([2H])c23)c([2H])c(-c2ncnc3c2sc2ccc(-n4c5c([2H])c([2H])c([2H])c([2H])c5c5c([2H])c([2H])c([2H])c([2H])c54)cc23)c1[2H]. The summed E-state index contributed by atoms with van der Waals surface area (Å²) in [6.07, 6.45) is 1.15. The Hall–Kier alpha value is -5.78. The zero-order chi connectivity index (χ0) is 46.0. The van der Waals surface area contributed by atoms with Gasteiger partial charge in [-0.05, 0) is 47.9 Å². The molecule has 0 fully saturated rings. The van der Waals surface area contributed by atoms with Gasteiger partial charge in [0, 0.05) is 48.4 Å². The maximum atomic E-state index is 9.54. The summed E-state index contributed by atoms with van der Waals surface area (Å²) >= 11 is 1.12. The van der Waals surface area contributed by atoms with Crippen LogP contribution in [0.15, 0.2) is 144 Å². The first-order chi connectivity index (χ1) is 30.2. The van der Waals surface area contributed by atoms with Crippen LogP contribution < -0.4 is 0 Å². The normalized spacial score (nSPS) is 17.9. The van der Waals surface area contributed by atoms with Gasteiger partial charge in [-0.25, -0.2) is 9.97 Å². The highest BCUT2D eigenvalue weighted by atomic mass is 32.1. The zero-order valence-corrected chi connectivity index (χ0v) is 23.3. The molecule has 4 heterocycles. The molecule has 210 valence electrons. The van der Waals surface area contributed by atoms with Gasteiger partial charge >= 0.3 is 0 Å². The molecule has 45 heavy (non-hydrogen) atoms. The fourth-order valence-corrected chi connectivity index (χ4v) is 6.78. The van der Waals surface area contributed by atoms with Gasteiger partial charge in [-0.15, -0.1) is 11.3 Å². The molecular formula is C40H23N3OS. The third kappa shape index (κ3) is 3.59. The van der Waals surface area contributed by atoms with E-state index in [2.05, 4.69) is 9.97 Å². The molecule has 4 nitrogen and oxygen atoms in total. The maximum Gasteiger partial charge on any atom is 0.143 e. The van der Waals surface area contributed by atoms with Crippen LogP contribution in [0.2, 0.25) is 0 Å². The van der Waals surface area contributed by atoms with Crippen molar-refractivity contribution < 1.29 is 30.5 Å². The summed E-state index contributed by atoms with van der Waals surface area (Å²) < 4.78 is 174. The van der Waals surface area contributed by atoms with Gasteiger partial charge in [-0.3, -0.25) is 0 Å². The molecule has 4 aromatic heterocycles. The van der Waals surface area contributed by atoms with Crippen LogP contribution in [0.5, 0.6) is 0 Å². The summed E-state index contributed by atoms with van der Waals surface area (Å²) in [5, 5.41) is -0.287. The van der Waals surface area contributed by atoms with Crippen molar-refractivity contribution in [2.75, 3.05) is 0 Å². The lowest BCUT2D eigenvalue weighted by atomic mass is 9.99. The van der Waals surface area contributed by atoms with Crippen LogP contribution in [0.3, 0.4) is 0 Å². The molecular weight excluding hydrogens is 571 g/mol. The highest BCUT2D eigenvalue weighted by Gasteiger charge is 2.18. The molecule has 10 rings (SSSR count). The molecule has 0 aliphatic heterocycles. The van der Waals surface area contributed by atoms with E-state index in [9.17, 15) is 1.37 Å². The molecule has 5 heteroatoms. The number of hydrogen-bond acceptors (Lipinski definition) is 4. The van der Waals surface area contributed by atoms with Crippen LogP contribution in [-0.4, -0.2) is 14.5 Å². The van der Waals surface area contributed by atoms with Crippen molar-refractivity contribution in [3.05, 3.63) is 139 Å². The minimum Gasteiger partial charge on any atom is -0.455 e. The van der Waals surface area contributed by atoms with E-state index in [4.69, 9.17) is 29.1 Å². The largest absolute Gasteiger partial charge is 0.455 e. The van der Waals surface area contributed by atoms with Crippen molar-refractivity contribution >= 4 is 75.4 Å². The highest BCUT2D eigenvalue weighted by Crippen LogP contribution is 2.41. The standard InChI is InChI=1S/C40H23N3OS/c1-4-16-33-28(11-1)29-12-2-5-17-34(29)43(33)26-19-20-36-32(22-26)38-40(45-36)37(41-23-42-38)25-10-7-9-24(21-25)27-14-8-15-31-30-13-3-6-18-35(30)44-39(27)31/h1-23H/i1D,2D,3D,4D,5D,6D,7D,8D,9D,10D,11D,12D,13D,14D,15D,16D,17D,18D,21D. The number of furan rings is 1. The predicted octanol–water partition coefficient (Wildman–Crippen LogP) is 11.2. The first-order valence-corrected chi connectivity index (χ1v) is 14.3. The van der Waals surface area contributed by atoms with E-state index in [0.717, 1.165) is 17.7 Å².